The van der Waals surface area contributed by atoms with E-state index in [1.807, 2.05) is 18.2 Å². The van der Waals surface area contributed by atoms with Gasteiger partial charge in [-0.1, -0.05) is 36.4 Å². The number of nitrogens with two attached hydrogens (primary N) is 1. The summed E-state index contributed by atoms with van der Waals surface area (Å²) in [4.78, 5) is 0.148. The Labute approximate surface area is 181 Å². The Balaban J connectivity index is 1.98. The molecule has 0 aliphatic carbocycles. The van der Waals surface area contributed by atoms with Crippen molar-refractivity contribution in [3.8, 4) is 22.6 Å². The molecule has 0 amide bonds. The Morgan fingerprint density at radius 2 is 1.74 bits per heavy atom. The Kier molecular flexibility index (Phi) is 5.28. The summed E-state index contributed by atoms with van der Waals surface area (Å²) in [6.45, 7) is 0. The van der Waals surface area contributed by atoms with Crippen molar-refractivity contribution in [3.63, 3.8) is 0 Å². The van der Waals surface area contributed by atoms with Gasteiger partial charge in [0, 0.05) is 22.9 Å². The van der Waals surface area contributed by atoms with E-state index in [0.29, 0.717) is 33.8 Å². The van der Waals surface area contributed by atoms with Gasteiger partial charge in [-0.15, -0.1) is 0 Å². The van der Waals surface area contributed by atoms with Gasteiger partial charge in [0.25, 0.3) is 0 Å². The van der Waals surface area contributed by atoms with Crippen molar-refractivity contribution in [3.05, 3.63) is 77.4 Å². The fourth-order valence-electron chi connectivity index (χ4n) is 3.81. The first-order chi connectivity index (χ1) is 14.6. The van der Waals surface area contributed by atoms with Crippen LogP contribution in [0.4, 0.5) is 0 Å². The fourth-order valence-corrected chi connectivity index (χ4v) is 5.36. The van der Waals surface area contributed by atoms with Crippen LogP contribution < -0.4 is 14.6 Å². The van der Waals surface area contributed by atoms with E-state index < -0.39 is 26.0 Å². The lowest BCUT2D eigenvalue weighted by Gasteiger charge is -2.31. The highest BCUT2D eigenvalue weighted by molar-refractivity contribution is 7.90. The third-order valence-electron chi connectivity index (χ3n) is 5.06. The summed E-state index contributed by atoms with van der Waals surface area (Å²) >= 11 is 0. The zero-order valence-corrected chi connectivity index (χ0v) is 18.5. The van der Waals surface area contributed by atoms with Gasteiger partial charge in [0.2, 0.25) is 10.0 Å². The Hall–Kier alpha value is -2.88. The van der Waals surface area contributed by atoms with Gasteiger partial charge in [-0.05, 0) is 35.4 Å². The lowest BCUT2D eigenvalue weighted by molar-refractivity contribution is 0.242. The molecule has 9 heteroatoms. The van der Waals surface area contributed by atoms with Gasteiger partial charge >= 0.3 is 0 Å². The summed E-state index contributed by atoms with van der Waals surface area (Å²) in [6, 6.07) is 17.3. The highest BCUT2D eigenvalue weighted by atomic mass is 32.2. The Morgan fingerprint density at radius 1 is 1.00 bits per heavy atom. The predicted molar refractivity (Wildman–Crippen MR) is 117 cm³/mol. The summed E-state index contributed by atoms with van der Waals surface area (Å²) in [6.07, 6.45) is 0.555. The number of fused-ring (bicyclic) bond motifs is 3. The summed E-state index contributed by atoms with van der Waals surface area (Å²) in [7, 11) is -5.72. The van der Waals surface area contributed by atoms with Crippen molar-refractivity contribution in [2.45, 2.75) is 16.8 Å². The van der Waals surface area contributed by atoms with E-state index in [4.69, 9.17) is 14.6 Å². The molecule has 1 aliphatic heterocycles. The standard InChI is InChI=1S/C22H21NO6S2/c1-28-16-6-3-5-15(12-16)22-18-11-14(13-31(23,26)27)9-10-17(18)21-19(29-22)7-4-8-20(21)30(2,24)25/h3-12,22H,13H2,1-2H3,(H2,23,26,27). The van der Waals surface area contributed by atoms with E-state index in [2.05, 4.69) is 0 Å². The van der Waals surface area contributed by atoms with Crippen LogP contribution in [0.3, 0.4) is 0 Å². The molecule has 0 saturated heterocycles. The zero-order valence-electron chi connectivity index (χ0n) is 16.9. The molecule has 0 spiro atoms. The van der Waals surface area contributed by atoms with Crippen LogP contribution in [0, 0.1) is 0 Å². The van der Waals surface area contributed by atoms with Gasteiger partial charge in [-0.3, -0.25) is 0 Å². The minimum Gasteiger partial charge on any atom is -0.497 e. The molecule has 1 aliphatic rings. The SMILES string of the molecule is COc1cccc(C2Oc3cccc(S(C)(=O)=O)c3-c3ccc(CS(N)(=O)=O)cc32)c1. The lowest BCUT2D eigenvalue weighted by Crippen LogP contribution is -2.19. The molecule has 0 saturated carbocycles. The van der Waals surface area contributed by atoms with Crippen molar-refractivity contribution < 1.29 is 26.3 Å². The van der Waals surface area contributed by atoms with Gasteiger partial charge in [0.15, 0.2) is 9.84 Å². The average Bonchev–Trinajstić information content (AvgIpc) is 2.70. The molecule has 0 radical (unpaired) electrons. The van der Waals surface area contributed by atoms with Crippen LogP contribution in [-0.2, 0) is 25.6 Å². The lowest BCUT2D eigenvalue weighted by atomic mass is 9.88. The highest BCUT2D eigenvalue weighted by Gasteiger charge is 2.31. The van der Waals surface area contributed by atoms with Crippen LogP contribution in [-0.4, -0.2) is 30.2 Å². The Bertz CT molecular complexity index is 1380. The number of primary sulfonamides is 1. The third-order valence-corrected chi connectivity index (χ3v) is 6.94. The predicted octanol–water partition coefficient (Wildman–Crippen LogP) is 3.04. The van der Waals surface area contributed by atoms with E-state index in [1.165, 1.54) is 6.07 Å². The second-order valence-electron chi connectivity index (χ2n) is 7.40. The van der Waals surface area contributed by atoms with Crippen LogP contribution in [0.25, 0.3) is 11.1 Å². The number of rotatable bonds is 5. The number of sulfonamides is 1. The minimum absolute atomic E-state index is 0.148. The first-order valence-corrected chi connectivity index (χ1v) is 12.9. The maximum Gasteiger partial charge on any atom is 0.213 e. The van der Waals surface area contributed by atoms with E-state index in [9.17, 15) is 16.8 Å². The summed E-state index contributed by atoms with van der Waals surface area (Å²) in [5.41, 5.74) is 3.04. The zero-order chi connectivity index (χ0) is 22.4. The van der Waals surface area contributed by atoms with Crippen molar-refractivity contribution in [2.24, 2.45) is 5.14 Å². The molecule has 0 bridgehead atoms. The molecule has 1 atom stereocenters. The molecule has 2 N–H and O–H groups in total. The molecule has 7 nitrogen and oxygen atoms in total. The number of ether oxygens (including phenoxy) is 2. The monoisotopic (exact) mass is 459 g/mol. The third kappa shape index (κ3) is 4.30. The van der Waals surface area contributed by atoms with Crippen LogP contribution in [0.15, 0.2) is 65.6 Å². The van der Waals surface area contributed by atoms with Crippen molar-refractivity contribution >= 4 is 19.9 Å². The van der Waals surface area contributed by atoms with E-state index in [0.717, 1.165) is 11.8 Å². The number of methoxy groups -OCH3 is 1. The molecule has 1 unspecified atom stereocenters. The minimum atomic E-state index is -3.75. The van der Waals surface area contributed by atoms with Gasteiger partial charge < -0.3 is 9.47 Å². The topological polar surface area (TPSA) is 113 Å². The van der Waals surface area contributed by atoms with E-state index >= 15 is 0 Å². The molecule has 3 aromatic carbocycles. The van der Waals surface area contributed by atoms with Crippen molar-refractivity contribution in [1.29, 1.82) is 0 Å². The van der Waals surface area contributed by atoms with Crippen LogP contribution in [0.5, 0.6) is 11.5 Å². The fraction of sp³-hybridized carbons (Fsp3) is 0.182. The number of benzene rings is 3. The Morgan fingerprint density at radius 3 is 2.42 bits per heavy atom. The molecule has 0 aromatic heterocycles. The molecular formula is C22H21NO6S2. The van der Waals surface area contributed by atoms with Gasteiger partial charge in [0.05, 0.1) is 17.8 Å². The van der Waals surface area contributed by atoms with Crippen LogP contribution in [0.2, 0.25) is 0 Å². The first kappa shape index (κ1) is 21.4. The van der Waals surface area contributed by atoms with Gasteiger partial charge in [0.1, 0.15) is 17.6 Å². The average molecular weight is 460 g/mol. The number of sulfone groups is 1. The molecule has 0 fully saturated rings. The van der Waals surface area contributed by atoms with Gasteiger partial charge in [-0.25, -0.2) is 22.0 Å². The quantitative estimate of drug-likeness (QED) is 0.628. The largest absolute Gasteiger partial charge is 0.497 e. The van der Waals surface area contributed by atoms with E-state index in [1.54, 1.807) is 43.5 Å². The summed E-state index contributed by atoms with van der Waals surface area (Å²) in [5, 5.41) is 5.23. The van der Waals surface area contributed by atoms with E-state index in [-0.39, 0.29) is 10.6 Å². The summed E-state index contributed by atoms with van der Waals surface area (Å²) < 4.78 is 59.7. The first-order valence-electron chi connectivity index (χ1n) is 9.34. The van der Waals surface area contributed by atoms with Crippen molar-refractivity contribution in [2.75, 3.05) is 13.4 Å². The highest BCUT2D eigenvalue weighted by Crippen LogP contribution is 2.48. The molecule has 162 valence electrons. The molecule has 31 heavy (non-hydrogen) atoms. The summed E-state index contributed by atoms with van der Waals surface area (Å²) in [5.74, 6) is 0.729. The normalized spacial score (nSPS) is 15.5. The van der Waals surface area contributed by atoms with Crippen LogP contribution in [0.1, 0.15) is 22.8 Å². The molecule has 1 heterocycles. The van der Waals surface area contributed by atoms with Gasteiger partial charge in [-0.2, -0.15) is 0 Å². The van der Waals surface area contributed by atoms with Crippen molar-refractivity contribution in [1.82, 2.24) is 0 Å². The van der Waals surface area contributed by atoms with Crippen LogP contribution >= 0.6 is 0 Å². The number of hydrogen-bond acceptors (Lipinski definition) is 6. The second kappa shape index (κ2) is 7.67. The molecular weight excluding hydrogens is 438 g/mol. The molecule has 3 aromatic rings. The number of hydrogen-bond donors (Lipinski definition) is 1. The maximum absolute atomic E-state index is 12.4. The maximum atomic E-state index is 12.4. The smallest absolute Gasteiger partial charge is 0.213 e. The molecule has 4 rings (SSSR count). The second-order valence-corrected chi connectivity index (χ2v) is 11.0.